The number of fused-ring (bicyclic) bond motifs is 1. The highest BCUT2D eigenvalue weighted by Crippen LogP contribution is 2.24. The number of esters is 1. The lowest BCUT2D eigenvalue weighted by atomic mass is 10.2. The van der Waals surface area contributed by atoms with Gasteiger partial charge in [-0.1, -0.05) is 54.2 Å². The number of ether oxygens (including phenoxy) is 1. The highest BCUT2D eigenvalue weighted by molar-refractivity contribution is 8.00. The van der Waals surface area contributed by atoms with Gasteiger partial charge in [0.2, 0.25) is 0 Å². The second-order valence-corrected chi connectivity index (χ2v) is 7.11. The van der Waals surface area contributed by atoms with Crippen LogP contribution in [0.2, 0.25) is 0 Å². The third-order valence-corrected chi connectivity index (χ3v) is 4.98. The van der Waals surface area contributed by atoms with Crippen molar-refractivity contribution < 1.29 is 9.53 Å². The number of hydrogen-bond donors (Lipinski definition) is 0. The highest BCUT2D eigenvalue weighted by Gasteiger charge is 2.20. The highest BCUT2D eigenvalue weighted by atomic mass is 32.2. The fourth-order valence-electron chi connectivity index (χ4n) is 2.61. The van der Waals surface area contributed by atoms with Gasteiger partial charge in [0.25, 0.3) is 5.56 Å². The number of hydrogen-bond acceptors (Lipinski definition) is 5. The summed E-state index contributed by atoms with van der Waals surface area (Å²) >= 11 is 1.24. The quantitative estimate of drug-likeness (QED) is 0.379. The van der Waals surface area contributed by atoms with Crippen molar-refractivity contribution in [3.8, 4) is 0 Å². The molecule has 0 spiro atoms. The van der Waals surface area contributed by atoms with Crippen LogP contribution in [0.4, 0.5) is 0 Å². The third-order valence-electron chi connectivity index (χ3n) is 3.91. The molecule has 0 saturated heterocycles. The van der Waals surface area contributed by atoms with Crippen LogP contribution in [0, 0.1) is 0 Å². The van der Waals surface area contributed by atoms with Gasteiger partial charge in [-0.2, -0.15) is 0 Å². The van der Waals surface area contributed by atoms with E-state index in [0.29, 0.717) is 29.2 Å². The Bertz CT molecular complexity index is 970. The minimum Gasteiger partial charge on any atom is -0.465 e. The molecule has 0 aliphatic carbocycles. The molecule has 0 N–H and O–H groups in total. The zero-order valence-corrected chi connectivity index (χ0v) is 15.5. The molecule has 1 heterocycles. The van der Waals surface area contributed by atoms with Crippen molar-refractivity contribution in [2.45, 2.75) is 30.8 Å². The Labute approximate surface area is 156 Å². The van der Waals surface area contributed by atoms with Gasteiger partial charge in [0.05, 0.1) is 24.1 Å². The summed E-state index contributed by atoms with van der Waals surface area (Å²) in [6.07, 6.45) is 0. The molecule has 3 rings (SSSR count). The number of nitrogens with zero attached hydrogens (tertiary/aromatic N) is 2. The van der Waals surface area contributed by atoms with Gasteiger partial charge in [0.15, 0.2) is 5.16 Å². The van der Waals surface area contributed by atoms with E-state index in [1.54, 1.807) is 24.5 Å². The molecule has 5 nitrogen and oxygen atoms in total. The monoisotopic (exact) mass is 368 g/mol. The number of rotatable bonds is 6. The zero-order valence-electron chi connectivity index (χ0n) is 14.7. The summed E-state index contributed by atoms with van der Waals surface area (Å²) in [4.78, 5) is 29.7. The Morgan fingerprint density at radius 3 is 2.58 bits per heavy atom. The Morgan fingerprint density at radius 1 is 1.15 bits per heavy atom. The van der Waals surface area contributed by atoms with Crippen molar-refractivity contribution in [3.63, 3.8) is 0 Å². The van der Waals surface area contributed by atoms with Gasteiger partial charge in [0, 0.05) is 0 Å². The normalized spacial score (nSPS) is 12.1. The van der Waals surface area contributed by atoms with Crippen molar-refractivity contribution in [2.24, 2.45) is 0 Å². The first-order chi connectivity index (χ1) is 12.6. The summed E-state index contributed by atoms with van der Waals surface area (Å²) in [5.74, 6) is -0.314. The van der Waals surface area contributed by atoms with E-state index in [0.717, 1.165) is 5.56 Å². The molecule has 0 aliphatic heterocycles. The van der Waals surface area contributed by atoms with Gasteiger partial charge in [-0.25, -0.2) is 4.98 Å². The van der Waals surface area contributed by atoms with Crippen LogP contribution < -0.4 is 5.56 Å². The lowest BCUT2D eigenvalue weighted by Crippen LogP contribution is -2.26. The first-order valence-electron chi connectivity index (χ1n) is 8.47. The summed E-state index contributed by atoms with van der Waals surface area (Å²) in [6, 6.07) is 17.0. The third kappa shape index (κ3) is 3.96. The van der Waals surface area contributed by atoms with Crippen LogP contribution >= 0.6 is 11.8 Å². The predicted molar refractivity (Wildman–Crippen MR) is 103 cm³/mol. The number of carbonyl (C=O) groups is 1. The van der Waals surface area contributed by atoms with E-state index in [-0.39, 0.29) is 11.5 Å². The SMILES string of the molecule is CCOC(=O)[C@@H](C)Sc1nc2ccccc2c(=O)n1Cc1ccccc1. The zero-order chi connectivity index (χ0) is 18.5. The minimum atomic E-state index is -0.454. The second-order valence-electron chi connectivity index (χ2n) is 5.80. The van der Waals surface area contributed by atoms with E-state index in [1.165, 1.54) is 11.8 Å². The largest absolute Gasteiger partial charge is 0.465 e. The first kappa shape index (κ1) is 18.2. The van der Waals surface area contributed by atoms with E-state index >= 15 is 0 Å². The van der Waals surface area contributed by atoms with E-state index in [9.17, 15) is 9.59 Å². The molecule has 0 aliphatic rings. The summed E-state index contributed by atoms with van der Waals surface area (Å²) in [6.45, 7) is 4.26. The van der Waals surface area contributed by atoms with Crippen molar-refractivity contribution >= 4 is 28.6 Å². The fraction of sp³-hybridized carbons (Fsp3) is 0.250. The van der Waals surface area contributed by atoms with Crippen molar-refractivity contribution in [1.29, 1.82) is 0 Å². The molecule has 0 unspecified atom stereocenters. The Kier molecular flexibility index (Phi) is 5.73. The van der Waals surface area contributed by atoms with Crippen LogP contribution in [0.25, 0.3) is 10.9 Å². The molecule has 1 atom stereocenters. The minimum absolute atomic E-state index is 0.113. The number of aromatic nitrogens is 2. The Morgan fingerprint density at radius 2 is 1.85 bits per heavy atom. The number of para-hydroxylation sites is 1. The first-order valence-corrected chi connectivity index (χ1v) is 9.35. The molecule has 134 valence electrons. The van der Waals surface area contributed by atoms with Crippen LogP contribution in [0.15, 0.2) is 64.5 Å². The van der Waals surface area contributed by atoms with E-state index < -0.39 is 5.25 Å². The molecule has 0 amide bonds. The molecule has 2 aromatic carbocycles. The summed E-state index contributed by atoms with van der Waals surface area (Å²) < 4.78 is 6.70. The van der Waals surface area contributed by atoms with Gasteiger partial charge in [-0.3, -0.25) is 14.2 Å². The molecule has 0 bridgehead atoms. The van der Waals surface area contributed by atoms with Gasteiger partial charge in [0.1, 0.15) is 5.25 Å². The van der Waals surface area contributed by atoms with Crippen LogP contribution in [-0.4, -0.2) is 27.4 Å². The van der Waals surface area contributed by atoms with E-state index in [1.807, 2.05) is 48.5 Å². The van der Waals surface area contributed by atoms with Gasteiger partial charge in [-0.05, 0) is 31.5 Å². The molecule has 0 radical (unpaired) electrons. The molecular weight excluding hydrogens is 348 g/mol. The maximum Gasteiger partial charge on any atom is 0.319 e. The molecule has 1 aromatic heterocycles. The van der Waals surface area contributed by atoms with Crippen LogP contribution in [0.1, 0.15) is 19.4 Å². The molecule has 0 fully saturated rings. The van der Waals surface area contributed by atoms with Crippen LogP contribution in [-0.2, 0) is 16.1 Å². The Balaban J connectivity index is 2.05. The maximum absolute atomic E-state index is 13.0. The van der Waals surface area contributed by atoms with Crippen molar-refractivity contribution in [2.75, 3.05) is 6.61 Å². The molecule has 26 heavy (non-hydrogen) atoms. The van der Waals surface area contributed by atoms with Crippen LogP contribution in [0.5, 0.6) is 0 Å². The number of carbonyl (C=O) groups excluding carboxylic acids is 1. The van der Waals surface area contributed by atoms with E-state index in [2.05, 4.69) is 4.98 Å². The van der Waals surface area contributed by atoms with Crippen molar-refractivity contribution in [3.05, 3.63) is 70.5 Å². The summed E-state index contributed by atoms with van der Waals surface area (Å²) in [5.41, 5.74) is 1.51. The van der Waals surface area contributed by atoms with Gasteiger partial charge in [-0.15, -0.1) is 0 Å². The molecular formula is C20H20N2O3S. The lowest BCUT2D eigenvalue weighted by Gasteiger charge is -2.16. The number of benzene rings is 2. The molecule has 6 heteroatoms. The van der Waals surface area contributed by atoms with Gasteiger partial charge >= 0.3 is 5.97 Å². The van der Waals surface area contributed by atoms with E-state index in [4.69, 9.17) is 4.74 Å². The number of thioether (sulfide) groups is 1. The average Bonchev–Trinajstić information content (AvgIpc) is 2.66. The second kappa shape index (κ2) is 8.19. The molecule has 0 saturated carbocycles. The smallest absolute Gasteiger partial charge is 0.319 e. The Hall–Kier alpha value is -2.60. The summed E-state index contributed by atoms with van der Waals surface area (Å²) in [5, 5.41) is 0.625. The topological polar surface area (TPSA) is 61.2 Å². The standard InChI is InChI=1S/C20H20N2O3S/c1-3-25-19(24)14(2)26-20-21-17-12-8-7-11-16(17)18(23)22(20)13-15-9-5-4-6-10-15/h4-12,14H,3,13H2,1-2H3/t14-/m1/s1. The maximum atomic E-state index is 13.0. The van der Waals surface area contributed by atoms with Crippen LogP contribution in [0.3, 0.4) is 0 Å². The van der Waals surface area contributed by atoms with Crippen molar-refractivity contribution in [1.82, 2.24) is 9.55 Å². The lowest BCUT2D eigenvalue weighted by molar-refractivity contribution is -0.142. The summed E-state index contributed by atoms with van der Waals surface area (Å²) in [7, 11) is 0. The van der Waals surface area contributed by atoms with Gasteiger partial charge < -0.3 is 4.74 Å². The predicted octanol–water partition coefficient (Wildman–Crippen LogP) is 3.49. The molecule has 3 aromatic rings. The fourth-order valence-corrected chi connectivity index (χ4v) is 3.52. The average molecular weight is 368 g/mol.